The van der Waals surface area contributed by atoms with Crippen LogP contribution in [0.2, 0.25) is 0 Å². The summed E-state index contributed by atoms with van der Waals surface area (Å²) in [6, 6.07) is 4.06. The Morgan fingerprint density at radius 1 is 1.31 bits per heavy atom. The minimum Gasteiger partial charge on any atom is -0.366 e. The Labute approximate surface area is 162 Å². The van der Waals surface area contributed by atoms with E-state index in [-0.39, 0.29) is 47.3 Å². The van der Waals surface area contributed by atoms with Crippen LogP contribution in [0.3, 0.4) is 0 Å². The van der Waals surface area contributed by atoms with Crippen molar-refractivity contribution in [3.8, 4) is 0 Å². The number of primary amides is 1. The number of rotatable bonds is 7. The lowest BCUT2D eigenvalue weighted by atomic mass is 9.84. The summed E-state index contributed by atoms with van der Waals surface area (Å²) in [6.45, 7) is 0.540. The molecule has 2 atom stereocenters. The van der Waals surface area contributed by atoms with Crippen molar-refractivity contribution in [2.45, 2.75) is 36.6 Å². The number of carbonyl (C=O) groups excluding carboxylic acids is 2. The van der Waals surface area contributed by atoms with Crippen molar-refractivity contribution >= 4 is 41.7 Å². The van der Waals surface area contributed by atoms with Crippen molar-refractivity contribution in [2.75, 3.05) is 12.3 Å². The standard InChI is InChI=1S/C16H22N4O4S.ClH/c17-8-11-3-1-2-4-12(11)19-15(21)9-25-14-6-5-10(16(18)22)7-13(14)20(23)24;/h5-7,11-12H,1-4,8-9,17H2,(H2,18,22)(H,19,21);1H. The zero-order chi connectivity index (χ0) is 18.4. The van der Waals surface area contributed by atoms with Crippen LogP contribution in [0.1, 0.15) is 36.0 Å². The number of nitrogens with one attached hydrogen (secondary N) is 1. The monoisotopic (exact) mass is 402 g/mol. The molecule has 0 saturated heterocycles. The van der Waals surface area contributed by atoms with E-state index in [0.717, 1.165) is 43.5 Å². The third kappa shape index (κ3) is 5.86. The highest BCUT2D eigenvalue weighted by atomic mass is 35.5. The average molecular weight is 403 g/mol. The number of hydrogen-bond donors (Lipinski definition) is 3. The first kappa shape index (κ1) is 22.2. The highest BCUT2D eigenvalue weighted by molar-refractivity contribution is 8.00. The minimum absolute atomic E-state index is 0. The fourth-order valence-corrected chi connectivity index (χ4v) is 3.82. The molecule has 0 aromatic heterocycles. The normalized spacial score (nSPS) is 19.3. The van der Waals surface area contributed by atoms with Crippen LogP contribution in [0, 0.1) is 16.0 Å². The number of halogens is 1. The predicted octanol–water partition coefficient (Wildman–Crippen LogP) is 1.84. The number of hydrogen-bond acceptors (Lipinski definition) is 6. The molecular formula is C16H23ClN4O4S. The van der Waals surface area contributed by atoms with Crippen LogP contribution >= 0.6 is 24.2 Å². The fourth-order valence-electron chi connectivity index (χ4n) is 3.01. The first-order valence-corrected chi connectivity index (χ1v) is 9.11. The maximum absolute atomic E-state index is 12.2. The summed E-state index contributed by atoms with van der Waals surface area (Å²) in [6.07, 6.45) is 4.11. The van der Waals surface area contributed by atoms with Crippen LogP contribution in [0.5, 0.6) is 0 Å². The second-order valence-corrected chi connectivity index (χ2v) is 7.06. The molecule has 1 aromatic carbocycles. The molecule has 0 spiro atoms. The van der Waals surface area contributed by atoms with Gasteiger partial charge in [-0.1, -0.05) is 12.8 Å². The maximum Gasteiger partial charge on any atom is 0.283 e. The first-order chi connectivity index (χ1) is 11.9. The molecule has 1 aromatic rings. The van der Waals surface area contributed by atoms with Gasteiger partial charge in [0.2, 0.25) is 11.8 Å². The van der Waals surface area contributed by atoms with Crippen LogP contribution < -0.4 is 16.8 Å². The van der Waals surface area contributed by atoms with Gasteiger partial charge < -0.3 is 16.8 Å². The first-order valence-electron chi connectivity index (χ1n) is 8.13. The van der Waals surface area contributed by atoms with Crippen molar-refractivity contribution in [2.24, 2.45) is 17.4 Å². The third-order valence-electron chi connectivity index (χ3n) is 4.36. The van der Waals surface area contributed by atoms with E-state index in [4.69, 9.17) is 11.5 Å². The number of nitrogens with two attached hydrogens (primary N) is 2. The number of nitro groups is 1. The number of nitro benzene ring substituents is 1. The molecular weight excluding hydrogens is 380 g/mol. The van der Waals surface area contributed by atoms with Gasteiger partial charge in [0, 0.05) is 17.7 Å². The number of nitrogens with zero attached hydrogens (tertiary/aromatic N) is 1. The third-order valence-corrected chi connectivity index (χ3v) is 5.42. The number of thioether (sulfide) groups is 1. The van der Waals surface area contributed by atoms with Gasteiger partial charge in [0.1, 0.15) is 0 Å². The zero-order valence-corrected chi connectivity index (χ0v) is 15.8. The van der Waals surface area contributed by atoms with E-state index in [2.05, 4.69) is 5.32 Å². The molecule has 144 valence electrons. The van der Waals surface area contributed by atoms with Crippen molar-refractivity contribution < 1.29 is 14.5 Å². The molecule has 0 aliphatic heterocycles. The SMILES string of the molecule is Cl.NCC1CCCCC1NC(=O)CSc1ccc(C(N)=O)cc1[N+](=O)[O-]. The van der Waals surface area contributed by atoms with Crippen LogP contribution in [0.4, 0.5) is 5.69 Å². The van der Waals surface area contributed by atoms with E-state index in [1.807, 2.05) is 0 Å². The van der Waals surface area contributed by atoms with E-state index in [1.54, 1.807) is 0 Å². The topological polar surface area (TPSA) is 141 Å². The quantitative estimate of drug-likeness (QED) is 0.361. The van der Waals surface area contributed by atoms with E-state index in [0.29, 0.717) is 11.4 Å². The highest BCUT2D eigenvalue weighted by Crippen LogP contribution is 2.30. The van der Waals surface area contributed by atoms with E-state index >= 15 is 0 Å². The van der Waals surface area contributed by atoms with Crippen LogP contribution in [-0.2, 0) is 4.79 Å². The molecule has 0 radical (unpaired) electrons. The number of carbonyl (C=O) groups is 2. The van der Waals surface area contributed by atoms with Gasteiger partial charge in [0.15, 0.2) is 0 Å². The molecule has 26 heavy (non-hydrogen) atoms. The summed E-state index contributed by atoms with van der Waals surface area (Å²) >= 11 is 1.06. The smallest absolute Gasteiger partial charge is 0.283 e. The molecule has 5 N–H and O–H groups in total. The molecule has 1 aliphatic rings. The second-order valence-electron chi connectivity index (χ2n) is 6.05. The maximum atomic E-state index is 12.2. The molecule has 1 fully saturated rings. The summed E-state index contributed by atoms with van der Waals surface area (Å²) < 4.78 is 0. The molecule has 2 amide bonds. The zero-order valence-electron chi connectivity index (χ0n) is 14.2. The Kier molecular flexibility index (Phi) is 8.83. The van der Waals surface area contributed by atoms with Gasteiger partial charge in [-0.15, -0.1) is 24.2 Å². The van der Waals surface area contributed by atoms with Gasteiger partial charge in [-0.2, -0.15) is 0 Å². The number of amides is 2. The Morgan fingerprint density at radius 2 is 2.00 bits per heavy atom. The van der Waals surface area contributed by atoms with E-state index in [1.165, 1.54) is 12.1 Å². The van der Waals surface area contributed by atoms with Crippen LogP contribution in [-0.4, -0.2) is 35.1 Å². The average Bonchev–Trinajstić information content (AvgIpc) is 2.60. The van der Waals surface area contributed by atoms with Crippen LogP contribution in [0.15, 0.2) is 23.1 Å². The Hall–Kier alpha value is -1.84. The predicted molar refractivity (Wildman–Crippen MR) is 103 cm³/mol. The summed E-state index contributed by atoms with van der Waals surface area (Å²) in [5.41, 5.74) is 10.7. The minimum atomic E-state index is -0.734. The summed E-state index contributed by atoms with van der Waals surface area (Å²) in [4.78, 5) is 34.2. The number of benzene rings is 1. The second kappa shape index (κ2) is 10.3. The lowest BCUT2D eigenvalue weighted by Gasteiger charge is -2.31. The molecule has 8 nitrogen and oxygen atoms in total. The highest BCUT2D eigenvalue weighted by Gasteiger charge is 2.25. The lowest BCUT2D eigenvalue weighted by molar-refractivity contribution is -0.387. The Bertz CT molecular complexity index is 674. The van der Waals surface area contributed by atoms with Gasteiger partial charge in [-0.3, -0.25) is 19.7 Å². The van der Waals surface area contributed by atoms with Gasteiger partial charge in [0.05, 0.1) is 15.6 Å². The molecule has 1 saturated carbocycles. The molecule has 2 unspecified atom stereocenters. The molecule has 1 aliphatic carbocycles. The van der Waals surface area contributed by atoms with Gasteiger partial charge in [-0.05, 0) is 37.4 Å². The summed E-state index contributed by atoms with van der Waals surface area (Å²) in [5.74, 6) is -0.567. The Balaban J connectivity index is 0.00000338. The van der Waals surface area contributed by atoms with E-state index in [9.17, 15) is 19.7 Å². The van der Waals surface area contributed by atoms with E-state index < -0.39 is 10.8 Å². The largest absolute Gasteiger partial charge is 0.366 e. The molecule has 10 heteroatoms. The summed E-state index contributed by atoms with van der Waals surface area (Å²) in [5, 5.41) is 14.2. The molecule has 0 heterocycles. The Morgan fingerprint density at radius 3 is 2.62 bits per heavy atom. The van der Waals surface area contributed by atoms with Crippen molar-refractivity contribution in [3.63, 3.8) is 0 Å². The lowest BCUT2D eigenvalue weighted by Crippen LogP contribution is -2.45. The van der Waals surface area contributed by atoms with Gasteiger partial charge in [-0.25, -0.2) is 0 Å². The van der Waals surface area contributed by atoms with Crippen LogP contribution in [0.25, 0.3) is 0 Å². The van der Waals surface area contributed by atoms with Crippen molar-refractivity contribution in [1.29, 1.82) is 0 Å². The fraction of sp³-hybridized carbons (Fsp3) is 0.500. The molecule has 0 bridgehead atoms. The van der Waals surface area contributed by atoms with Gasteiger partial charge in [0.25, 0.3) is 5.69 Å². The van der Waals surface area contributed by atoms with Crippen molar-refractivity contribution in [1.82, 2.24) is 5.32 Å². The molecule has 2 rings (SSSR count). The summed E-state index contributed by atoms with van der Waals surface area (Å²) in [7, 11) is 0. The van der Waals surface area contributed by atoms with Gasteiger partial charge >= 0.3 is 0 Å². The van der Waals surface area contributed by atoms with Crippen molar-refractivity contribution in [3.05, 3.63) is 33.9 Å².